The number of halogens is 4. The van der Waals surface area contributed by atoms with Gasteiger partial charge >= 0.3 is 75.8 Å². The van der Waals surface area contributed by atoms with Crippen LogP contribution in [0.1, 0.15) is 0 Å². The molecule has 0 fully saturated rings. The van der Waals surface area contributed by atoms with E-state index >= 15 is 0 Å². The molecule has 0 spiro atoms. The van der Waals surface area contributed by atoms with Crippen molar-refractivity contribution in [3.8, 4) is 0 Å². The first kappa shape index (κ1) is 93.3. The summed E-state index contributed by atoms with van der Waals surface area (Å²) in [5.41, 5.74) is 0. The standard InChI is InChI=1S/2BrH.2ClH.8H3N.2Pd/h4*1H;8*1H3;;/q;;;;;;;;;;;;2*+2/p-4. The first-order chi connectivity index (χ1) is 2.83. The summed E-state index contributed by atoms with van der Waals surface area (Å²) in [6.07, 6.45) is 0. The van der Waals surface area contributed by atoms with E-state index in [9.17, 15) is 0 Å². The molecule has 14 heteroatoms. The average molecular weight is 580 g/mol. The van der Waals surface area contributed by atoms with Gasteiger partial charge in [0.15, 0.2) is 0 Å². The van der Waals surface area contributed by atoms with E-state index in [1.165, 1.54) is 0 Å². The molecular weight excluding hydrogens is 556 g/mol. The van der Waals surface area contributed by atoms with Crippen LogP contribution in [0, 0.1) is 0 Å². The maximum atomic E-state index is 4.81. The number of hydrogen-bond acceptors (Lipinski definition) is 8. The molecule has 0 aliphatic heterocycles. The molecule has 0 aliphatic rings. The van der Waals surface area contributed by atoms with Crippen molar-refractivity contribution in [2.45, 2.75) is 0 Å². The molecule has 24 N–H and O–H groups in total. The zero-order valence-electron chi connectivity index (χ0n) is 7.80. The van der Waals surface area contributed by atoms with Crippen molar-refractivity contribution in [2.24, 2.45) is 0 Å². The molecule has 0 radical (unpaired) electrons. The zero-order chi connectivity index (χ0) is 5.41. The molecule has 0 atom stereocenters. The van der Waals surface area contributed by atoms with E-state index < -0.39 is 0 Å². The molecule has 0 unspecified atom stereocenters. The molecule has 14 heavy (non-hydrogen) atoms. The molecule has 0 aromatic heterocycles. The van der Waals surface area contributed by atoms with Gasteiger partial charge in [-0.3, -0.25) is 0 Å². The Morgan fingerprint density at radius 2 is 0.571 bits per heavy atom. The van der Waals surface area contributed by atoms with Crippen molar-refractivity contribution < 1.29 is 29.9 Å². The Morgan fingerprint density at radius 3 is 0.571 bits per heavy atom. The summed E-state index contributed by atoms with van der Waals surface area (Å²) in [6.45, 7) is 0. The van der Waals surface area contributed by atoms with Crippen LogP contribution in [0.25, 0.3) is 0 Å². The van der Waals surface area contributed by atoms with E-state index in [1.54, 1.807) is 0 Å². The van der Waals surface area contributed by atoms with Crippen LogP contribution in [0.5, 0.6) is 0 Å². The van der Waals surface area contributed by atoms with Gasteiger partial charge in [-0.25, -0.2) is 0 Å². The molecule has 0 bridgehead atoms. The molecule has 0 rings (SSSR count). The van der Waals surface area contributed by atoms with Gasteiger partial charge in [-0.15, -0.1) is 0 Å². The Hall–Kier alpha value is 2.54. The first-order valence-corrected chi connectivity index (χ1v) is 11.6. The Labute approximate surface area is 124 Å². The van der Waals surface area contributed by atoms with Crippen molar-refractivity contribution in [3.63, 3.8) is 0 Å². The van der Waals surface area contributed by atoms with E-state index in [0.29, 0.717) is 13.9 Å². The summed E-state index contributed by atoms with van der Waals surface area (Å²) in [6, 6.07) is 0. The van der Waals surface area contributed by atoms with Crippen molar-refractivity contribution in [1.29, 1.82) is 0 Å². The molecule has 0 amide bonds. The fraction of sp³-hybridized carbons (Fsp3) is 0. The second-order valence-corrected chi connectivity index (χ2v) is 9.62. The van der Waals surface area contributed by atoms with E-state index in [-0.39, 0.29) is 65.1 Å². The van der Waals surface area contributed by atoms with Crippen LogP contribution < -0.4 is 49.2 Å². The van der Waals surface area contributed by atoms with Crippen LogP contribution in [0.3, 0.4) is 0 Å². The van der Waals surface area contributed by atoms with Gasteiger partial charge in [-0.1, -0.05) is 0 Å². The monoisotopic (exact) mass is 576 g/mol. The Balaban J connectivity index is -0.00000000182. The van der Waals surface area contributed by atoms with Crippen molar-refractivity contribution in [1.82, 2.24) is 49.2 Å². The third-order valence-corrected chi connectivity index (χ3v) is 0. The van der Waals surface area contributed by atoms with E-state index in [0.717, 1.165) is 0 Å². The quantitative estimate of drug-likeness (QED) is 0.190. The fourth-order valence-electron chi connectivity index (χ4n) is 0. The molecule has 0 saturated carbocycles. The second kappa shape index (κ2) is 159. The topological polar surface area (TPSA) is 280 Å². The predicted octanol–water partition coefficient (Wildman–Crippen LogP) is 4.36. The third-order valence-electron chi connectivity index (χ3n) is 0. The second-order valence-electron chi connectivity index (χ2n) is 0.0904. The van der Waals surface area contributed by atoms with Crippen LogP contribution >= 0.6 is 45.9 Å². The third kappa shape index (κ3) is 412. The molecule has 0 saturated heterocycles. The molecule has 8 nitrogen and oxygen atoms in total. The van der Waals surface area contributed by atoms with Crippen molar-refractivity contribution >= 4 is 45.9 Å². The Morgan fingerprint density at radius 1 is 0.571 bits per heavy atom. The summed E-state index contributed by atoms with van der Waals surface area (Å²) in [7, 11) is 9.63. The fourth-order valence-corrected chi connectivity index (χ4v) is 0. The SMILES string of the molecule is N.N.N.N.N.N.N.N.[Br][Pd][Br].[Cl][Pd][Cl]. The molecule has 112 valence electrons. The summed E-state index contributed by atoms with van der Waals surface area (Å²) < 4.78 is 0. The van der Waals surface area contributed by atoms with Gasteiger partial charge in [0.2, 0.25) is 0 Å². The summed E-state index contributed by atoms with van der Waals surface area (Å²) in [4.78, 5) is 0. The van der Waals surface area contributed by atoms with E-state index in [4.69, 9.17) is 19.1 Å². The van der Waals surface area contributed by atoms with Gasteiger partial charge in [-0.05, 0) is 0 Å². The number of hydrogen-bond donors (Lipinski definition) is 8. The van der Waals surface area contributed by atoms with Crippen molar-refractivity contribution in [2.75, 3.05) is 0 Å². The minimum absolute atomic E-state index is 0. The Bertz CT molecular complexity index is 25.3. The van der Waals surface area contributed by atoms with Gasteiger partial charge in [0.1, 0.15) is 0 Å². The summed E-state index contributed by atoms with van der Waals surface area (Å²) in [5, 5.41) is 0. The van der Waals surface area contributed by atoms with Crippen LogP contribution in [0.4, 0.5) is 0 Å². The normalized spacial score (nSPS) is 3.14. The molecule has 0 aromatic rings. The predicted molar refractivity (Wildman–Crippen MR) is 69.7 cm³/mol. The van der Waals surface area contributed by atoms with Gasteiger partial charge < -0.3 is 49.2 Å². The van der Waals surface area contributed by atoms with Crippen LogP contribution in [0.15, 0.2) is 0 Å². The minimum atomic E-state index is -0.106. The van der Waals surface area contributed by atoms with E-state index in [2.05, 4.69) is 26.9 Å². The average Bonchev–Trinajstić information content (AvgIpc) is 1.39. The van der Waals surface area contributed by atoms with Crippen LogP contribution in [-0.4, -0.2) is 0 Å². The summed E-state index contributed by atoms with van der Waals surface area (Å²) in [5.74, 6) is 0. The van der Waals surface area contributed by atoms with Gasteiger partial charge in [0, 0.05) is 0 Å². The van der Waals surface area contributed by atoms with Gasteiger partial charge in [0.25, 0.3) is 0 Å². The van der Waals surface area contributed by atoms with Crippen LogP contribution in [-0.2, 0) is 29.9 Å². The maximum absolute atomic E-state index is 4.81. The molecular formula is H24Br2Cl2N8Pd2. The first-order valence-electron chi connectivity index (χ1n) is 0.478. The Kier molecular flexibility index (Phi) is 1060. The van der Waals surface area contributed by atoms with Crippen molar-refractivity contribution in [3.05, 3.63) is 0 Å². The molecule has 0 heterocycles. The van der Waals surface area contributed by atoms with Gasteiger partial charge in [0.05, 0.1) is 0 Å². The van der Waals surface area contributed by atoms with E-state index in [1.807, 2.05) is 0 Å². The number of rotatable bonds is 0. The summed E-state index contributed by atoms with van der Waals surface area (Å²) >= 11 is 6.69. The molecule has 0 aliphatic carbocycles. The van der Waals surface area contributed by atoms with Crippen LogP contribution in [0.2, 0.25) is 0 Å². The molecule has 0 aromatic carbocycles. The van der Waals surface area contributed by atoms with Gasteiger partial charge in [-0.2, -0.15) is 0 Å². The zero-order valence-corrected chi connectivity index (χ0v) is 15.6.